The van der Waals surface area contributed by atoms with Gasteiger partial charge in [-0.1, -0.05) is 18.2 Å². The second-order valence-corrected chi connectivity index (χ2v) is 7.62. The summed E-state index contributed by atoms with van der Waals surface area (Å²) in [5.74, 6) is -0.952. The first kappa shape index (κ1) is 25.5. The smallest absolute Gasteiger partial charge is 0.416 e. The minimum absolute atomic E-state index is 0.169. The minimum atomic E-state index is -4.46. The molecular formula is C25H25F3N4O3. The van der Waals surface area contributed by atoms with Gasteiger partial charge in [-0.2, -0.15) is 18.3 Å². The molecule has 0 spiro atoms. The Labute approximate surface area is 200 Å². The molecular weight excluding hydrogens is 461 g/mol. The lowest BCUT2D eigenvalue weighted by atomic mass is 10.1. The number of nitrogens with one attached hydrogen (secondary N) is 2. The number of anilines is 1. The zero-order valence-electron chi connectivity index (χ0n) is 19.4. The first-order chi connectivity index (χ1) is 16.6. The second-order valence-electron chi connectivity index (χ2n) is 7.62. The van der Waals surface area contributed by atoms with Crippen LogP contribution < -0.4 is 10.7 Å². The molecule has 10 heteroatoms. The van der Waals surface area contributed by atoms with E-state index in [-0.39, 0.29) is 18.8 Å². The Morgan fingerprint density at radius 3 is 2.54 bits per heavy atom. The highest BCUT2D eigenvalue weighted by Crippen LogP contribution is 2.30. The molecule has 184 valence electrons. The fraction of sp³-hybridized carbons (Fsp3) is 0.240. The van der Waals surface area contributed by atoms with E-state index >= 15 is 0 Å². The molecule has 0 radical (unpaired) electrons. The van der Waals surface area contributed by atoms with Gasteiger partial charge in [-0.25, -0.2) is 10.2 Å². The maximum absolute atomic E-state index is 12.8. The third kappa shape index (κ3) is 6.28. The Hall–Kier alpha value is -4.08. The lowest BCUT2D eigenvalue weighted by molar-refractivity contribution is -0.137. The number of carbonyl (C=O) groups is 2. The molecule has 3 aromatic rings. The van der Waals surface area contributed by atoms with E-state index in [0.29, 0.717) is 16.8 Å². The fourth-order valence-corrected chi connectivity index (χ4v) is 3.54. The van der Waals surface area contributed by atoms with Crippen LogP contribution in [0.1, 0.15) is 39.8 Å². The summed E-state index contributed by atoms with van der Waals surface area (Å²) < 4.78 is 45.5. The van der Waals surface area contributed by atoms with Crippen molar-refractivity contribution in [2.75, 3.05) is 18.5 Å². The number of benzene rings is 2. The van der Waals surface area contributed by atoms with Gasteiger partial charge >= 0.3 is 12.1 Å². The van der Waals surface area contributed by atoms with Gasteiger partial charge in [0, 0.05) is 22.6 Å². The van der Waals surface area contributed by atoms with Crippen molar-refractivity contribution in [3.05, 3.63) is 82.7 Å². The predicted octanol–water partition coefficient (Wildman–Crippen LogP) is 4.85. The van der Waals surface area contributed by atoms with E-state index in [0.717, 1.165) is 23.5 Å². The molecule has 0 saturated carbocycles. The molecule has 0 fully saturated rings. The second kappa shape index (κ2) is 10.9. The van der Waals surface area contributed by atoms with Gasteiger partial charge in [-0.05, 0) is 57.2 Å². The minimum Gasteiger partial charge on any atom is -0.462 e. The Bertz CT molecular complexity index is 1250. The van der Waals surface area contributed by atoms with Crippen molar-refractivity contribution >= 4 is 23.8 Å². The maximum atomic E-state index is 12.8. The fourth-order valence-electron chi connectivity index (χ4n) is 3.54. The summed E-state index contributed by atoms with van der Waals surface area (Å²) in [7, 11) is 0. The number of esters is 1. The van der Waals surface area contributed by atoms with Crippen molar-refractivity contribution < 1.29 is 27.5 Å². The lowest BCUT2D eigenvalue weighted by Gasteiger charge is -2.14. The number of hydrogen-bond acceptors (Lipinski definition) is 5. The third-order valence-corrected chi connectivity index (χ3v) is 5.15. The molecule has 2 N–H and O–H groups in total. The van der Waals surface area contributed by atoms with E-state index in [1.54, 1.807) is 19.1 Å². The molecule has 0 atom stereocenters. The largest absolute Gasteiger partial charge is 0.462 e. The molecule has 0 aliphatic heterocycles. The highest BCUT2D eigenvalue weighted by atomic mass is 19.4. The number of aryl methyl sites for hydroxylation is 1. The molecule has 0 unspecified atom stereocenters. The summed E-state index contributed by atoms with van der Waals surface area (Å²) >= 11 is 0. The number of hydrogen-bond donors (Lipinski definition) is 2. The molecule has 0 aliphatic carbocycles. The van der Waals surface area contributed by atoms with Gasteiger partial charge in [0.15, 0.2) is 0 Å². The zero-order valence-corrected chi connectivity index (χ0v) is 19.4. The average Bonchev–Trinajstić information content (AvgIpc) is 3.10. The van der Waals surface area contributed by atoms with Gasteiger partial charge in [0.2, 0.25) is 0 Å². The van der Waals surface area contributed by atoms with E-state index < -0.39 is 23.6 Å². The van der Waals surface area contributed by atoms with Crippen molar-refractivity contribution in [2.24, 2.45) is 5.10 Å². The van der Waals surface area contributed by atoms with Gasteiger partial charge in [-0.15, -0.1) is 0 Å². The molecule has 35 heavy (non-hydrogen) atoms. The maximum Gasteiger partial charge on any atom is 0.416 e. The van der Waals surface area contributed by atoms with Crippen LogP contribution in [-0.2, 0) is 15.7 Å². The number of halogens is 3. The van der Waals surface area contributed by atoms with E-state index in [1.165, 1.54) is 18.3 Å². The monoisotopic (exact) mass is 486 g/mol. The van der Waals surface area contributed by atoms with Crippen LogP contribution in [0, 0.1) is 13.8 Å². The first-order valence-corrected chi connectivity index (χ1v) is 10.8. The van der Waals surface area contributed by atoms with Gasteiger partial charge in [-0.3, -0.25) is 4.79 Å². The molecule has 1 heterocycles. The van der Waals surface area contributed by atoms with E-state index in [4.69, 9.17) is 4.74 Å². The number of amides is 1. The van der Waals surface area contributed by atoms with Crippen molar-refractivity contribution in [1.82, 2.24) is 9.99 Å². The molecule has 1 amide bonds. The Balaban J connectivity index is 1.68. The Kier molecular flexibility index (Phi) is 7.95. The number of alkyl halides is 3. The Morgan fingerprint density at radius 1 is 1.09 bits per heavy atom. The molecule has 0 bridgehead atoms. The summed E-state index contributed by atoms with van der Waals surface area (Å²) in [6, 6.07) is 13.5. The van der Waals surface area contributed by atoms with Crippen molar-refractivity contribution in [1.29, 1.82) is 0 Å². The lowest BCUT2D eigenvalue weighted by Crippen LogP contribution is -2.26. The molecule has 7 nitrogen and oxygen atoms in total. The van der Waals surface area contributed by atoms with Crippen LogP contribution in [0.3, 0.4) is 0 Å². The summed E-state index contributed by atoms with van der Waals surface area (Å²) in [6.45, 7) is 5.48. The molecule has 3 rings (SSSR count). The summed E-state index contributed by atoms with van der Waals surface area (Å²) in [4.78, 5) is 24.5. The number of carbonyl (C=O) groups excluding carboxylic acids is 2. The SMILES string of the molecule is CCOC(=O)c1ccccc1-n1c(C)cc(/C=N\NC(=O)CNc2cccc(C(F)(F)F)c2)c1C. The topological polar surface area (TPSA) is 84.7 Å². The summed E-state index contributed by atoms with van der Waals surface area (Å²) in [5, 5.41) is 6.60. The van der Waals surface area contributed by atoms with Gasteiger partial charge < -0.3 is 14.6 Å². The van der Waals surface area contributed by atoms with E-state index in [9.17, 15) is 22.8 Å². The van der Waals surface area contributed by atoms with E-state index in [2.05, 4.69) is 15.8 Å². The van der Waals surface area contributed by atoms with Crippen LogP contribution in [0.5, 0.6) is 0 Å². The highest BCUT2D eigenvalue weighted by molar-refractivity contribution is 5.94. The van der Waals surface area contributed by atoms with Crippen LogP contribution in [0.15, 0.2) is 59.7 Å². The van der Waals surface area contributed by atoms with Crippen LogP contribution >= 0.6 is 0 Å². The third-order valence-electron chi connectivity index (χ3n) is 5.15. The van der Waals surface area contributed by atoms with Crippen LogP contribution in [0.2, 0.25) is 0 Å². The standard InChI is InChI=1S/C25H25F3N4O3/c1-4-35-24(34)21-10-5-6-11-22(21)32-16(2)12-18(17(32)3)14-30-31-23(33)15-29-20-9-7-8-19(13-20)25(26,27)28/h5-14,29H,4,15H2,1-3H3,(H,31,33)/b30-14-. The zero-order chi connectivity index (χ0) is 25.6. The van der Waals surface area contributed by atoms with Gasteiger partial charge in [0.25, 0.3) is 5.91 Å². The van der Waals surface area contributed by atoms with Crippen molar-refractivity contribution in [3.8, 4) is 5.69 Å². The Morgan fingerprint density at radius 2 is 1.83 bits per heavy atom. The van der Waals surface area contributed by atoms with Crippen LogP contribution in [-0.4, -0.2) is 35.8 Å². The molecule has 0 saturated heterocycles. The van der Waals surface area contributed by atoms with Gasteiger partial charge in [0.1, 0.15) is 0 Å². The summed E-state index contributed by atoms with van der Waals surface area (Å²) in [5.41, 5.74) is 5.15. The van der Waals surface area contributed by atoms with Crippen molar-refractivity contribution in [2.45, 2.75) is 26.9 Å². The van der Waals surface area contributed by atoms with Crippen LogP contribution in [0.4, 0.5) is 18.9 Å². The molecule has 2 aromatic carbocycles. The average molecular weight is 486 g/mol. The number of nitrogens with zero attached hydrogens (tertiary/aromatic N) is 2. The molecule has 1 aromatic heterocycles. The number of aromatic nitrogens is 1. The quantitative estimate of drug-likeness (QED) is 0.271. The number of rotatable bonds is 8. The highest BCUT2D eigenvalue weighted by Gasteiger charge is 2.30. The normalized spacial score (nSPS) is 11.5. The number of hydrazone groups is 1. The number of para-hydroxylation sites is 1. The summed E-state index contributed by atoms with van der Waals surface area (Å²) in [6.07, 6.45) is -3.00. The molecule has 0 aliphatic rings. The van der Waals surface area contributed by atoms with Crippen LogP contribution in [0.25, 0.3) is 5.69 Å². The number of ether oxygens (including phenoxy) is 1. The predicted molar refractivity (Wildman–Crippen MR) is 127 cm³/mol. The van der Waals surface area contributed by atoms with Gasteiger partial charge in [0.05, 0.1) is 36.2 Å². The first-order valence-electron chi connectivity index (χ1n) is 10.8. The van der Waals surface area contributed by atoms with Crippen molar-refractivity contribution in [3.63, 3.8) is 0 Å². The van der Waals surface area contributed by atoms with E-state index in [1.807, 2.05) is 36.6 Å².